The molecule has 0 radical (unpaired) electrons. The maximum Gasteiger partial charge on any atom is 0.118 e. The molecule has 2 fully saturated rings. The Bertz CT molecular complexity index is 374. The van der Waals surface area contributed by atoms with E-state index in [9.17, 15) is 0 Å². The summed E-state index contributed by atoms with van der Waals surface area (Å²) in [5, 5.41) is 3.49. The van der Waals surface area contributed by atoms with Crippen molar-refractivity contribution in [2.24, 2.45) is 11.8 Å². The number of likely N-dealkylation sites (tertiary alicyclic amines) is 1. The minimum atomic E-state index is 0.686. The zero-order valence-electron chi connectivity index (χ0n) is 10.1. The van der Waals surface area contributed by atoms with E-state index in [4.69, 9.17) is 4.42 Å². The van der Waals surface area contributed by atoms with Crippen LogP contribution < -0.4 is 5.32 Å². The second kappa shape index (κ2) is 3.90. The largest absolute Gasteiger partial charge is 0.465 e. The van der Waals surface area contributed by atoms with Crippen LogP contribution in [-0.2, 0) is 6.54 Å². The Hall–Kier alpha value is -0.800. The fourth-order valence-corrected chi connectivity index (χ4v) is 3.23. The molecule has 16 heavy (non-hydrogen) atoms. The molecule has 1 N–H and O–H groups in total. The van der Waals surface area contributed by atoms with E-state index >= 15 is 0 Å². The van der Waals surface area contributed by atoms with Gasteiger partial charge in [0, 0.05) is 12.6 Å². The topological polar surface area (TPSA) is 28.4 Å². The molecule has 2 aliphatic rings. The lowest BCUT2D eigenvalue weighted by molar-refractivity contribution is 0.213. The fourth-order valence-electron chi connectivity index (χ4n) is 3.23. The van der Waals surface area contributed by atoms with Crippen LogP contribution in [0.15, 0.2) is 16.5 Å². The van der Waals surface area contributed by atoms with Crippen LogP contribution in [0.5, 0.6) is 0 Å². The van der Waals surface area contributed by atoms with Gasteiger partial charge < -0.3 is 9.73 Å². The molecule has 88 valence electrons. The molecule has 3 unspecified atom stereocenters. The van der Waals surface area contributed by atoms with Crippen molar-refractivity contribution >= 4 is 0 Å². The molecule has 2 saturated heterocycles. The van der Waals surface area contributed by atoms with E-state index in [-0.39, 0.29) is 0 Å². The first-order valence-electron chi connectivity index (χ1n) is 6.24. The summed E-state index contributed by atoms with van der Waals surface area (Å²) in [4.78, 5) is 2.56. The standard InChI is InChI=1S/C13H20N2O/c1-9-3-4-12(16-9)8-15-7-11-5-14-6-13(11)10(15)2/h3-4,10-11,13-14H,5-8H2,1-2H3. The summed E-state index contributed by atoms with van der Waals surface area (Å²) in [5.74, 6) is 3.82. The van der Waals surface area contributed by atoms with Crippen LogP contribution in [0.2, 0.25) is 0 Å². The number of nitrogens with zero attached hydrogens (tertiary/aromatic N) is 1. The van der Waals surface area contributed by atoms with E-state index in [0.717, 1.165) is 29.9 Å². The first kappa shape index (κ1) is 10.4. The summed E-state index contributed by atoms with van der Waals surface area (Å²) in [7, 11) is 0. The number of rotatable bonds is 2. The minimum Gasteiger partial charge on any atom is -0.465 e. The number of furan rings is 1. The van der Waals surface area contributed by atoms with Crippen molar-refractivity contribution in [3.63, 3.8) is 0 Å². The van der Waals surface area contributed by atoms with Crippen LogP contribution in [-0.4, -0.2) is 30.6 Å². The molecular weight excluding hydrogens is 200 g/mol. The Labute approximate surface area is 96.8 Å². The Kier molecular flexibility index (Phi) is 2.52. The molecule has 1 aromatic heterocycles. The predicted octanol–water partition coefficient (Wildman–Crippen LogP) is 1.63. The van der Waals surface area contributed by atoms with Crippen LogP contribution in [0, 0.1) is 18.8 Å². The summed E-state index contributed by atoms with van der Waals surface area (Å²) < 4.78 is 5.66. The monoisotopic (exact) mass is 220 g/mol. The van der Waals surface area contributed by atoms with Crippen LogP contribution in [0.25, 0.3) is 0 Å². The van der Waals surface area contributed by atoms with Crippen molar-refractivity contribution in [1.82, 2.24) is 10.2 Å². The molecule has 3 nitrogen and oxygen atoms in total. The molecule has 3 atom stereocenters. The minimum absolute atomic E-state index is 0.686. The van der Waals surface area contributed by atoms with Gasteiger partial charge in [-0.05, 0) is 50.9 Å². The molecule has 2 aliphatic heterocycles. The van der Waals surface area contributed by atoms with Crippen molar-refractivity contribution < 1.29 is 4.42 Å². The van der Waals surface area contributed by atoms with Gasteiger partial charge in [-0.1, -0.05) is 0 Å². The van der Waals surface area contributed by atoms with E-state index in [1.165, 1.54) is 19.6 Å². The fraction of sp³-hybridized carbons (Fsp3) is 0.692. The third-order valence-electron chi connectivity index (χ3n) is 4.21. The average molecular weight is 220 g/mol. The van der Waals surface area contributed by atoms with Crippen LogP contribution in [0.4, 0.5) is 0 Å². The molecule has 3 heteroatoms. The Morgan fingerprint density at radius 2 is 2.31 bits per heavy atom. The molecule has 0 spiro atoms. The van der Waals surface area contributed by atoms with Crippen LogP contribution in [0.1, 0.15) is 18.4 Å². The number of aryl methyl sites for hydroxylation is 1. The van der Waals surface area contributed by atoms with Gasteiger partial charge in [0.25, 0.3) is 0 Å². The van der Waals surface area contributed by atoms with E-state index < -0.39 is 0 Å². The van der Waals surface area contributed by atoms with Crippen molar-refractivity contribution in [2.45, 2.75) is 26.4 Å². The van der Waals surface area contributed by atoms with Gasteiger partial charge in [0.2, 0.25) is 0 Å². The maximum atomic E-state index is 5.66. The van der Waals surface area contributed by atoms with Crippen LogP contribution >= 0.6 is 0 Å². The molecule has 3 heterocycles. The summed E-state index contributed by atoms with van der Waals surface area (Å²) in [5.41, 5.74) is 0. The summed E-state index contributed by atoms with van der Waals surface area (Å²) in [6, 6.07) is 4.85. The molecule has 3 rings (SSSR count). The quantitative estimate of drug-likeness (QED) is 0.821. The Morgan fingerprint density at radius 1 is 1.44 bits per heavy atom. The summed E-state index contributed by atoms with van der Waals surface area (Å²) in [6.45, 7) is 8.95. The molecule has 0 aromatic carbocycles. The average Bonchev–Trinajstić information content (AvgIpc) is 2.90. The lowest BCUT2D eigenvalue weighted by atomic mass is 9.95. The molecule has 0 aliphatic carbocycles. The van der Waals surface area contributed by atoms with E-state index in [1.54, 1.807) is 0 Å². The van der Waals surface area contributed by atoms with Crippen LogP contribution in [0.3, 0.4) is 0 Å². The zero-order valence-corrected chi connectivity index (χ0v) is 10.1. The first-order valence-corrected chi connectivity index (χ1v) is 6.24. The Morgan fingerprint density at radius 3 is 3.00 bits per heavy atom. The second-order valence-corrected chi connectivity index (χ2v) is 5.26. The van der Waals surface area contributed by atoms with E-state index in [2.05, 4.69) is 29.3 Å². The third-order valence-corrected chi connectivity index (χ3v) is 4.21. The van der Waals surface area contributed by atoms with Gasteiger partial charge in [-0.2, -0.15) is 0 Å². The van der Waals surface area contributed by atoms with Gasteiger partial charge in [-0.15, -0.1) is 0 Å². The van der Waals surface area contributed by atoms with Gasteiger partial charge >= 0.3 is 0 Å². The van der Waals surface area contributed by atoms with Gasteiger partial charge in [0.15, 0.2) is 0 Å². The highest BCUT2D eigenvalue weighted by Gasteiger charge is 2.41. The summed E-state index contributed by atoms with van der Waals surface area (Å²) in [6.07, 6.45) is 0. The third kappa shape index (κ3) is 1.68. The SMILES string of the molecule is Cc1ccc(CN2CC3CNCC3C2C)o1. The first-order chi connectivity index (χ1) is 7.74. The lowest BCUT2D eigenvalue weighted by Gasteiger charge is -2.23. The second-order valence-electron chi connectivity index (χ2n) is 5.26. The smallest absolute Gasteiger partial charge is 0.118 e. The van der Waals surface area contributed by atoms with Gasteiger partial charge in [0.1, 0.15) is 11.5 Å². The highest BCUT2D eigenvalue weighted by Crippen LogP contribution is 2.33. The van der Waals surface area contributed by atoms with Gasteiger partial charge in [-0.25, -0.2) is 0 Å². The highest BCUT2D eigenvalue weighted by atomic mass is 16.3. The highest BCUT2D eigenvalue weighted by molar-refractivity contribution is 5.07. The number of nitrogens with one attached hydrogen (secondary N) is 1. The molecule has 1 aromatic rings. The van der Waals surface area contributed by atoms with E-state index in [1.807, 2.05) is 6.92 Å². The van der Waals surface area contributed by atoms with Crippen molar-refractivity contribution in [1.29, 1.82) is 0 Å². The number of fused-ring (bicyclic) bond motifs is 1. The summed E-state index contributed by atoms with van der Waals surface area (Å²) >= 11 is 0. The molecule has 0 bridgehead atoms. The molecule has 0 saturated carbocycles. The van der Waals surface area contributed by atoms with Crippen molar-refractivity contribution in [3.05, 3.63) is 23.7 Å². The lowest BCUT2D eigenvalue weighted by Crippen LogP contribution is -2.32. The van der Waals surface area contributed by atoms with Crippen molar-refractivity contribution in [2.75, 3.05) is 19.6 Å². The number of hydrogen-bond acceptors (Lipinski definition) is 3. The molecular formula is C13H20N2O. The Balaban J connectivity index is 1.68. The van der Waals surface area contributed by atoms with Gasteiger partial charge in [0.05, 0.1) is 6.54 Å². The normalized spacial score (nSPS) is 34.5. The molecule has 0 amide bonds. The van der Waals surface area contributed by atoms with Crippen molar-refractivity contribution in [3.8, 4) is 0 Å². The predicted molar refractivity (Wildman–Crippen MR) is 63.2 cm³/mol. The number of hydrogen-bond donors (Lipinski definition) is 1. The van der Waals surface area contributed by atoms with E-state index in [0.29, 0.717) is 6.04 Å². The maximum absolute atomic E-state index is 5.66. The zero-order chi connectivity index (χ0) is 11.1. The van der Waals surface area contributed by atoms with Gasteiger partial charge in [-0.3, -0.25) is 4.90 Å².